The number of amides is 1. The quantitative estimate of drug-likeness (QED) is 0.937. The Morgan fingerprint density at radius 2 is 1.92 bits per heavy atom. The third-order valence-electron chi connectivity index (χ3n) is 4.82. The molecule has 0 aliphatic carbocycles. The largest absolute Gasteiger partial charge is 0.432 e. The van der Waals surface area contributed by atoms with Crippen molar-refractivity contribution in [1.82, 2.24) is 15.2 Å². The van der Waals surface area contributed by atoms with Crippen LogP contribution in [0.2, 0.25) is 0 Å². The minimum absolute atomic E-state index is 0.0916. The second-order valence-corrected chi connectivity index (χ2v) is 6.41. The summed E-state index contributed by atoms with van der Waals surface area (Å²) in [6.07, 6.45) is 3.48. The molecule has 1 aromatic heterocycles. The number of aromatic nitrogens is 1. The van der Waals surface area contributed by atoms with E-state index in [9.17, 15) is 13.6 Å². The number of hydrogen-bond acceptors (Lipinski definition) is 4. The van der Waals surface area contributed by atoms with Crippen LogP contribution in [0.15, 0.2) is 28.8 Å². The van der Waals surface area contributed by atoms with Gasteiger partial charge in [0.2, 0.25) is 0 Å². The topological polar surface area (TPSA) is 58.4 Å². The fraction of sp³-hybridized carbons (Fsp3) is 0.412. The van der Waals surface area contributed by atoms with Gasteiger partial charge in [-0.3, -0.25) is 4.79 Å². The van der Waals surface area contributed by atoms with Gasteiger partial charge in [-0.1, -0.05) is 0 Å². The summed E-state index contributed by atoms with van der Waals surface area (Å²) in [5, 5.41) is 2.97. The van der Waals surface area contributed by atoms with Crippen molar-refractivity contribution in [1.29, 1.82) is 0 Å². The number of benzene rings is 1. The molecule has 2 bridgehead atoms. The third kappa shape index (κ3) is 2.91. The summed E-state index contributed by atoms with van der Waals surface area (Å²) in [4.78, 5) is 18.6. The van der Waals surface area contributed by atoms with Gasteiger partial charge in [0.05, 0.1) is 6.20 Å². The summed E-state index contributed by atoms with van der Waals surface area (Å²) >= 11 is 0. The summed E-state index contributed by atoms with van der Waals surface area (Å²) < 4.78 is 32.0. The van der Waals surface area contributed by atoms with Crippen LogP contribution in [-0.4, -0.2) is 41.5 Å². The molecule has 1 aromatic carbocycles. The second-order valence-electron chi connectivity index (χ2n) is 6.41. The first-order chi connectivity index (χ1) is 11.6. The van der Waals surface area contributed by atoms with Crippen LogP contribution in [0.1, 0.15) is 23.5 Å². The van der Waals surface area contributed by atoms with Crippen LogP contribution >= 0.6 is 0 Å². The van der Waals surface area contributed by atoms with Crippen molar-refractivity contribution in [2.75, 3.05) is 19.6 Å². The number of nitrogens with zero attached hydrogens (tertiary/aromatic N) is 2. The Morgan fingerprint density at radius 3 is 2.54 bits per heavy atom. The minimum Gasteiger partial charge on any atom is -0.432 e. The molecule has 2 aromatic rings. The first-order valence-corrected chi connectivity index (χ1v) is 8.04. The number of piperidine rings is 3. The highest BCUT2D eigenvalue weighted by molar-refractivity contribution is 5.90. The van der Waals surface area contributed by atoms with E-state index in [4.69, 9.17) is 4.42 Å². The first kappa shape index (κ1) is 15.3. The molecule has 5 nitrogen and oxygen atoms in total. The highest BCUT2D eigenvalue weighted by Gasteiger charge is 2.35. The van der Waals surface area contributed by atoms with Crippen molar-refractivity contribution in [2.24, 2.45) is 5.92 Å². The molecule has 0 radical (unpaired) electrons. The molecule has 126 valence electrons. The van der Waals surface area contributed by atoms with Gasteiger partial charge in [-0.2, -0.15) is 0 Å². The van der Waals surface area contributed by atoms with E-state index >= 15 is 0 Å². The van der Waals surface area contributed by atoms with Gasteiger partial charge in [-0.15, -0.1) is 0 Å². The molecule has 3 aliphatic heterocycles. The molecule has 0 spiro atoms. The van der Waals surface area contributed by atoms with Crippen molar-refractivity contribution in [3.63, 3.8) is 0 Å². The monoisotopic (exact) mass is 333 g/mol. The van der Waals surface area contributed by atoms with Gasteiger partial charge < -0.3 is 14.6 Å². The minimum atomic E-state index is -0.709. The van der Waals surface area contributed by atoms with Gasteiger partial charge in [-0.05, 0) is 44.0 Å². The lowest BCUT2D eigenvalue weighted by Crippen LogP contribution is -2.57. The van der Waals surface area contributed by atoms with Crippen LogP contribution in [-0.2, 0) is 0 Å². The van der Waals surface area contributed by atoms with Crippen molar-refractivity contribution in [3.8, 4) is 11.3 Å². The third-order valence-corrected chi connectivity index (χ3v) is 4.82. The number of carbonyl (C=O) groups is 1. The number of rotatable bonds is 3. The Morgan fingerprint density at radius 1 is 1.21 bits per heavy atom. The van der Waals surface area contributed by atoms with Crippen molar-refractivity contribution in [3.05, 3.63) is 41.9 Å². The zero-order chi connectivity index (χ0) is 16.7. The molecule has 5 rings (SSSR count). The maximum atomic E-state index is 13.3. The molecular formula is C17H17F2N3O2. The lowest BCUT2D eigenvalue weighted by molar-refractivity contribution is 0.0602. The number of hydrogen-bond donors (Lipinski definition) is 1. The molecule has 1 N–H and O–H groups in total. The smallest absolute Gasteiger partial charge is 0.307 e. The molecule has 4 heterocycles. The van der Waals surface area contributed by atoms with Crippen LogP contribution in [0.5, 0.6) is 0 Å². The van der Waals surface area contributed by atoms with E-state index in [1.165, 1.54) is 6.20 Å². The number of halogens is 2. The normalized spacial score (nSPS) is 25.7. The van der Waals surface area contributed by atoms with Crippen molar-refractivity contribution >= 4 is 5.91 Å². The van der Waals surface area contributed by atoms with Crippen molar-refractivity contribution < 1.29 is 18.0 Å². The maximum Gasteiger partial charge on any atom is 0.307 e. The summed E-state index contributed by atoms with van der Waals surface area (Å²) in [6.45, 7) is 3.02. The number of carbonyl (C=O) groups excluding carboxylic acids is 1. The van der Waals surface area contributed by atoms with E-state index in [0.717, 1.165) is 50.7 Å². The van der Waals surface area contributed by atoms with Gasteiger partial charge in [0.1, 0.15) is 11.6 Å². The van der Waals surface area contributed by atoms with Gasteiger partial charge in [0.25, 0.3) is 5.89 Å². The maximum absolute atomic E-state index is 13.3. The Balaban J connectivity index is 1.49. The fourth-order valence-corrected chi connectivity index (χ4v) is 3.57. The molecule has 1 atom stereocenters. The standard InChI is InChI=1S/C17H17F2N3O2/c18-12-5-11(6-13(19)7-12)15-8-20-17(24-15)16(23)21-14-9-22-3-1-10(14)2-4-22/h5-8,10,14H,1-4,9H2,(H,21,23)/t14-/m0/s1. The molecule has 3 saturated heterocycles. The highest BCUT2D eigenvalue weighted by Crippen LogP contribution is 2.28. The Hall–Kier alpha value is -2.28. The van der Waals surface area contributed by atoms with Crippen molar-refractivity contribution in [2.45, 2.75) is 18.9 Å². The van der Waals surface area contributed by atoms with Crippen LogP contribution in [0.25, 0.3) is 11.3 Å². The Kier molecular flexibility index (Phi) is 3.80. The van der Waals surface area contributed by atoms with Crippen LogP contribution in [0, 0.1) is 17.6 Å². The van der Waals surface area contributed by atoms with Gasteiger partial charge in [-0.25, -0.2) is 13.8 Å². The number of nitrogens with one attached hydrogen (secondary N) is 1. The SMILES string of the molecule is O=C(N[C@H]1CN2CCC1CC2)c1ncc(-c2cc(F)cc(F)c2)o1. The molecule has 3 aliphatic rings. The summed E-state index contributed by atoms with van der Waals surface area (Å²) in [5.41, 5.74) is 0.210. The number of oxazole rings is 1. The molecule has 7 heteroatoms. The molecule has 24 heavy (non-hydrogen) atoms. The van der Waals surface area contributed by atoms with Gasteiger partial charge >= 0.3 is 5.91 Å². The Bertz CT molecular complexity index is 749. The zero-order valence-electron chi connectivity index (χ0n) is 13.0. The molecule has 0 unspecified atom stereocenters. The zero-order valence-corrected chi connectivity index (χ0v) is 13.0. The van der Waals surface area contributed by atoms with E-state index in [1.54, 1.807) is 0 Å². The number of fused-ring (bicyclic) bond motifs is 3. The fourth-order valence-electron chi connectivity index (χ4n) is 3.57. The first-order valence-electron chi connectivity index (χ1n) is 8.04. The lowest BCUT2D eigenvalue weighted by Gasteiger charge is -2.44. The van der Waals surface area contributed by atoms with Crippen LogP contribution in [0.4, 0.5) is 8.78 Å². The van der Waals surface area contributed by atoms with E-state index in [-0.39, 0.29) is 23.3 Å². The Labute approximate surface area is 137 Å². The van der Waals surface area contributed by atoms with Gasteiger partial charge in [0.15, 0.2) is 5.76 Å². The summed E-state index contributed by atoms with van der Waals surface area (Å²) in [6, 6.07) is 3.15. The predicted molar refractivity (Wildman–Crippen MR) is 82.3 cm³/mol. The average molecular weight is 333 g/mol. The molecule has 1 amide bonds. The van der Waals surface area contributed by atoms with E-state index in [1.807, 2.05) is 0 Å². The average Bonchev–Trinajstić information content (AvgIpc) is 3.05. The second kappa shape index (κ2) is 5.98. The molecular weight excluding hydrogens is 316 g/mol. The van der Waals surface area contributed by atoms with E-state index in [2.05, 4.69) is 15.2 Å². The summed E-state index contributed by atoms with van der Waals surface area (Å²) in [7, 11) is 0. The van der Waals surface area contributed by atoms with Gasteiger partial charge in [0, 0.05) is 24.2 Å². The van der Waals surface area contributed by atoms with Crippen LogP contribution in [0.3, 0.4) is 0 Å². The molecule has 3 fully saturated rings. The predicted octanol–water partition coefficient (Wildman–Crippen LogP) is 2.44. The summed E-state index contributed by atoms with van der Waals surface area (Å²) in [5.74, 6) is -1.25. The van der Waals surface area contributed by atoms with E-state index < -0.39 is 17.5 Å². The van der Waals surface area contributed by atoms with Crippen LogP contribution < -0.4 is 5.32 Å². The highest BCUT2D eigenvalue weighted by atomic mass is 19.1. The lowest BCUT2D eigenvalue weighted by atomic mass is 9.84. The van der Waals surface area contributed by atoms with E-state index in [0.29, 0.717) is 5.92 Å². The molecule has 0 saturated carbocycles.